The number of nitrogens with one attached hydrogen (secondary N) is 1. The second kappa shape index (κ2) is 6.04. The minimum atomic E-state index is -0.270. The second-order valence-corrected chi connectivity index (χ2v) is 5.89. The highest BCUT2D eigenvalue weighted by atomic mass is 79.9. The van der Waals surface area contributed by atoms with Crippen LogP contribution in [0.15, 0.2) is 45.3 Å². The van der Waals surface area contributed by atoms with Crippen LogP contribution in [-0.4, -0.2) is 0 Å². The van der Waals surface area contributed by atoms with E-state index in [2.05, 4.69) is 37.2 Å². The van der Waals surface area contributed by atoms with Gasteiger partial charge in [0.1, 0.15) is 5.82 Å². The van der Waals surface area contributed by atoms with Gasteiger partial charge in [0.2, 0.25) is 0 Å². The third kappa shape index (κ3) is 3.46. The van der Waals surface area contributed by atoms with Crippen molar-refractivity contribution in [2.45, 2.75) is 6.54 Å². The van der Waals surface area contributed by atoms with Crippen molar-refractivity contribution in [3.63, 3.8) is 0 Å². The number of hydrogen-bond acceptors (Lipinski definition) is 1. The Balaban J connectivity index is 2.13. The molecule has 0 bridgehead atoms. The van der Waals surface area contributed by atoms with Crippen molar-refractivity contribution >= 4 is 49.1 Å². The molecule has 0 spiro atoms. The molecule has 0 fully saturated rings. The third-order valence-corrected chi connectivity index (χ3v) is 3.93. The van der Waals surface area contributed by atoms with Crippen molar-refractivity contribution in [2.75, 3.05) is 5.32 Å². The lowest BCUT2D eigenvalue weighted by molar-refractivity contribution is 0.627. The molecule has 0 radical (unpaired) electrons. The summed E-state index contributed by atoms with van der Waals surface area (Å²) in [5.74, 6) is -0.270. The van der Waals surface area contributed by atoms with E-state index in [1.165, 1.54) is 12.1 Å². The molecular formula is C13H9Br2ClFN. The van der Waals surface area contributed by atoms with Crippen molar-refractivity contribution in [3.8, 4) is 0 Å². The molecule has 0 unspecified atom stereocenters. The second-order valence-electron chi connectivity index (χ2n) is 3.71. The molecule has 18 heavy (non-hydrogen) atoms. The summed E-state index contributed by atoms with van der Waals surface area (Å²) in [6.45, 7) is 0.572. The Morgan fingerprint density at radius 2 is 1.89 bits per heavy atom. The molecule has 0 aliphatic carbocycles. The molecule has 5 heteroatoms. The van der Waals surface area contributed by atoms with Gasteiger partial charge in [-0.1, -0.05) is 27.5 Å². The first kappa shape index (κ1) is 13.8. The standard InChI is InChI=1S/C13H9Br2ClFN/c14-9-1-3-12(16)8(5-9)7-18-13-4-2-10(17)6-11(13)15/h1-6,18H,7H2. The van der Waals surface area contributed by atoms with E-state index in [0.717, 1.165) is 15.7 Å². The molecule has 1 nitrogen and oxygen atoms in total. The molecule has 0 heterocycles. The van der Waals surface area contributed by atoms with E-state index in [1.54, 1.807) is 6.07 Å². The quantitative estimate of drug-likeness (QED) is 0.714. The van der Waals surface area contributed by atoms with Gasteiger partial charge < -0.3 is 5.32 Å². The van der Waals surface area contributed by atoms with Gasteiger partial charge in [-0.05, 0) is 57.9 Å². The fourth-order valence-electron chi connectivity index (χ4n) is 1.50. The summed E-state index contributed by atoms with van der Waals surface area (Å²) in [6.07, 6.45) is 0. The first-order valence-corrected chi connectivity index (χ1v) is 7.15. The highest BCUT2D eigenvalue weighted by Crippen LogP contribution is 2.26. The van der Waals surface area contributed by atoms with Gasteiger partial charge in [0.05, 0.1) is 0 Å². The molecule has 0 aliphatic rings. The van der Waals surface area contributed by atoms with Crippen LogP contribution in [0.25, 0.3) is 0 Å². The topological polar surface area (TPSA) is 12.0 Å². The molecule has 0 saturated carbocycles. The molecule has 0 aliphatic heterocycles. The third-order valence-electron chi connectivity index (χ3n) is 2.41. The van der Waals surface area contributed by atoms with Gasteiger partial charge in [-0.15, -0.1) is 0 Å². The van der Waals surface area contributed by atoms with Crippen LogP contribution in [0.4, 0.5) is 10.1 Å². The van der Waals surface area contributed by atoms with Gasteiger partial charge in [-0.3, -0.25) is 0 Å². The lowest BCUT2D eigenvalue weighted by Gasteiger charge is -2.10. The zero-order valence-corrected chi connectivity index (χ0v) is 13.1. The summed E-state index contributed by atoms with van der Waals surface area (Å²) in [4.78, 5) is 0. The fraction of sp³-hybridized carbons (Fsp3) is 0.0769. The van der Waals surface area contributed by atoms with E-state index < -0.39 is 0 Å². The average Bonchev–Trinajstić information content (AvgIpc) is 2.32. The van der Waals surface area contributed by atoms with Gasteiger partial charge in [-0.25, -0.2) is 4.39 Å². The normalized spacial score (nSPS) is 10.4. The van der Waals surface area contributed by atoms with Crippen LogP contribution in [0, 0.1) is 5.82 Å². The van der Waals surface area contributed by atoms with Crippen LogP contribution in [-0.2, 0) is 6.54 Å². The maximum Gasteiger partial charge on any atom is 0.124 e. The summed E-state index contributed by atoms with van der Waals surface area (Å²) in [6, 6.07) is 10.2. The molecule has 2 aromatic carbocycles. The Kier molecular flexibility index (Phi) is 4.65. The van der Waals surface area contributed by atoms with E-state index in [9.17, 15) is 4.39 Å². The average molecular weight is 393 g/mol. The predicted octanol–water partition coefficient (Wildman–Crippen LogP) is 5.62. The Hall–Kier alpha value is -0.580. The molecule has 1 N–H and O–H groups in total. The summed E-state index contributed by atoms with van der Waals surface area (Å²) in [5, 5.41) is 3.90. The number of benzene rings is 2. The van der Waals surface area contributed by atoms with Crippen molar-refractivity contribution in [3.05, 3.63) is 61.7 Å². The van der Waals surface area contributed by atoms with Gasteiger partial charge >= 0.3 is 0 Å². The largest absolute Gasteiger partial charge is 0.380 e. The van der Waals surface area contributed by atoms with Crippen LogP contribution in [0.3, 0.4) is 0 Å². The first-order valence-electron chi connectivity index (χ1n) is 5.19. The maximum atomic E-state index is 12.9. The predicted molar refractivity (Wildman–Crippen MR) is 80.6 cm³/mol. The highest BCUT2D eigenvalue weighted by molar-refractivity contribution is 9.10. The van der Waals surface area contributed by atoms with Crippen LogP contribution in [0.1, 0.15) is 5.56 Å². The molecule has 0 saturated heterocycles. The summed E-state index contributed by atoms with van der Waals surface area (Å²) >= 11 is 12.8. The molecule has 2 aromatic rings. The summed E-state index contributed by atoms with van der Waals surface area (Å²) in [7, 11) is 0. The van der Waals surface area contributed by atoms with E-state index in [0.29, 0.717) is 16.0 Å². The van der Waals surface area contributed by atoms with Gasteiger partial charge in [0, 0.05) is 26.2 Å². The lowest BCUT2D eigenvalue weighted by atomic mass is 10.2. The first-order chi connectivity index (χ1) is 8.56. The zero-order chi connectivity index (χ0) is 13.1. The number of hydrogen-bond donors (Lipinski definition) is 1. The molecule has 0 aromatic heterocycles. The smallest absolute Gasteiger partial charge is 0.124 e. The molecular weight excluding hydrogens is 384 g/mol. The fourth-order valence-corrected chi connectivity index (χ4v) is 2.59. The van der Waals surface area contributed by atoms with E-state index >= 15 is 0 Å². The molecule has 2 rings (SSSR count). The van der Waals surface area contributed by atoms with Gasteiger partial charge in [-0.2, -0.15) is 0 Å². The van der Waals surface area contributed by atoms with E-state index in [4.69, 9.17) is 11.6 Å². The van der Waals surface area contributed by atoms with Crippen LogP contribution in [0.5, 0.6) is 0 Å². The SMILES string of the molecule is Fc1ccc(NCc2cc(Br)ccc2Cl)c(Br)c1. The minimum Gasteiger partial charge on any atom is -0.380 e. The molecule has 94 valence electrons. The number of halogens is 4. The molecule has 0 amide bonds. The van der Waals surface area contributed by atoms with Crippen molar-refractivity contribution in [1.82, 2.24) is 0 Å². The van der Waals surface area contributed by atoms with E-state index in [1.807, 2.05) is 18.2 Å². The Labute approximate surface area is 127 Å². The Bertz CT molecular complexity index is 575. The Morgan fingerprint density at radius 1 is 1.11 bits per heavy atom. The van der Waals surface area contributed by atoms with Crippen LogP contribution >= 0.6 is 43.5 Å². The van der Waals surface area contributed by atoms with Crippen molar-refractivity contribution in [1.29, 1.82) is 0 Å². The highest BCUT2D eigenvalue weighted by Gasteiger charge is 2.04. The minimum absolute atomic E-state index is 0.270. The molecule has 0 atom stereocenters. The summed E-state index contributed by atoms with van der Waals surface area (Å²) < 4.78 is 14.6. The van der Waals surface area contributed by atoms with Crippen molar-refractivity contribution in [2.24, 2.45) is 0 Å². The van der Waals surface area contributed by atoms with Crippen LogP contribution in [0.2, 0.25) is 5.02 Å². The maximum absolute atomic E-state index is 12.9. The lowest BCUT2D eigenvalue weighted by Crippen LogP contribution is -2.01. The van der Waals surface area contributed by atoms with Crippen molar-refractivity contribution < 1.29 is 4.39 Å². The number of anilines is 1. The number of rotatable bonds is 3. The monoisotopic (exact) mass is 391 g/mol. The Morgan fingerprint density at radius 3 is 2.61 bits per heavy atom. The van der Waals surface area contributed by atoms with E-state index in [-0.39, 0.29) is 5.82 Å². The van der Waals surface area contributed by atoms with Gasteiger partial charge in [0.25, 0.3) is 0 Å². The summed E-state index contributed by atoms with van der Waals surface area (Å²) in [5.41, 5.74) is 1.80. The van der Waals surface area contributed by atoms with Gasteiger partial charge in [0.15, 0.2) is 0 Å². The van der Waals surface area contributed by atoms with Crippen LogP contribution < -0.4 is 5.32 Å². The zero-order valence-electron chi connectivity index (χ0n) is 9.18.